The van der Waals surface area contributed by atoms with Crippen molar-refractivity contribution in [3.8, 4) is 22.3 Å². The molecular formula is C59H60. The van der Waals surface area contributed by atoms with Crippen LogP contribution in [0.25, 0.3) is 27.8 Å². The van der Waals surface area contributed by atoms with Crippen LogP contribution in [0.5, 0.6) is 0 Å². The van der Waals surface area contributed by atoms with E-state index in [1.54, 1.807) is 16.7 Å². The number of allylic oxidation sites excluding steroid dienone is 10. The van der Waals surface area contributed by atoms with E-state index in [-0.39, 0.29) is 33.0 Å². The van der Waals surface area contributed by atoms with Gasteiger partial charge in [-0.15, -0.1) is 0 Å². The predicted octanol–water partition coefficient (Wildman–Crippen LogP) is 15.4. The van der Waals surface area contributed by atoms with Gasteiger partial charge in [0, 0.05) is 22.2 Å². The number of benzene rings is 5. The summed E-state index contributed by atoms with van der Waals surface area (Å²) in [5, 5.41) is 0. The van der Waals surface area contributed by atoms with Crippen LogP contribution in [-0.2, 0) is 11.8 Å². The van der Waals surface area contributed by atoms with Crippen molar-refractivity contribution in [2.75, 3.05) is 0 Å². The first-order valence-corrected chi connectivity index (χ1v) is 22.2. The van der Waals surface area contributed by atoms with Crippen LogP contribution >= 0.6 is 0 Å². The van der Waals surface area contributed by atoms with E-state index in [4.69, 9.17) is 0 Å². The van der Waals surface area contributed by atoms with Gasteiger partial charge in [-0.2, -0.15) is 0 Å². The topological polar surface area (TPSA) is 0 Å². The van der Waals surface area contributed by atoms with Crippen LogP contribution in [0.4, 0.5) is 0 Å². The third kappa shape index (κ3) is 4.78. The minimum absolute atomic E-state index is 0.0474. The maximum absolute atomic E-state index is 2.76. The molecule has 10 rings (SSSR count). The molecule has 0 bridgehead atoms. The Kier molecular flexibility index (Phi) is 8.48. The Balaban J connectivity index is 1.37. The highest BCUT2D eigenvalue weighted by atomic mass is 14.8. The van der Waals surface area contributed by atoms with E-state index in [9.17, 15) is 0 Å². The SMILES string of the molecule is CC12C(=C3Cc4ccccc4C3=C3C=CCCC31)C(C)(C(c1ccc(-c3ccccc3)cc1)(c1ccc(-c3ccccc3)cc1)C1C=CC=C1)C(C)(C)C(C)(C)C2(C)C. The van der Waals surface area contributed by atoms with Crippen molar-refractivity contribution in [2.45, 2.75) is 80.1 Å². The molecule has 0 heteroatoms. The fraction of sp³-hybridized carbons (Fsp3) is 0.322. The molecule has 3 atom stereocenters. The van der Waals surface area contributed by atoms with Crippen LogP contribution in [0.1, 0.15) is 90.5 Å². The molecule has 3 unspecified atom stereocenters. The summed E-state index contributed by atoms with van der Waals surface area (Å²) in [6, 6.07) is 50.9. The molecule has 5 aromatic rings. The molecule has 0 saturated heterocycles. The summed E-state index contributed by atoms with van der Waals surface area (Å²) in [6.07, 6.45) is 18.0. The Labute approximate surface area is 354 Å². The van der Waals surface area contributed by atoms with Crippen molar-refractivity contribution in [1.82, 2.24) is 0 Å². The molecule has 0 N–H and O–H groups in total. The zero-order valence-electron chi connectivity index (χ0n) is 36.4. The third-order valence-corrected chi connectivity index (χ3v) is 18.2. The summed E-state index contributed by atoms with van der Waals surface area (Å²) in [7, 11) is 0. The van der Waals surface area contributed by atoms with Crippen molar-refractivity contribution in [3.05, 3.63) is 209 Å². The maximum Gasteiger partial charge on any atom is 0.0396 e. The van der Waals surface area contributed by atoms with Gasteiger partial charge in [0.15, 0.2) is 0 Å². The van der Waals surface area contributed by atoms with Gasteiger partial charge in [0.25, 0.3) is 0 Å². The van der Waals surface area contributed by atoms with E-state index in [0.717, 1.165) is 12.8 Å². The summed E-state index contributed by atoms with van der Waals surface area (Å²) in [6.45, 7) is 21.4. The molecule has 0 nitrogen and oxygen atoms in total. The van der Waals surface area contributed by atoms with Crippen LogP contribution in [-0.4, -0.2) is 0 Å². The second kappa shape index (κ2) is 13.1. The molecule has 59 heavy (non-hydrogen) atoms. The number of hydrogen-bond donors (Lipinski definition) is 0. The van der Waals surface area contributed by atoms with E-state index in [1.165, 1.54) is 56.5 Å². The Morgan fingerprint density at radius 3 is 1.59 bits per heavy atom. The normalized spacial score (nSPS) is 26.1. The first kappa shape index (κ1) is 38.0. The van der Waals surface area contributed by atoms with Gasteiger partial charge in [-0.3, -0.25) is 0 Å². The van der Waals surface area contributed by atoms with Gasteiger partial charge in [-0.25, -0.2) is 0 Å². The van der Waals surface area contributed by atoms with E-state index in [2.05, 4.69) is 225 Å². The summed E-state index contributed by atoms with van der Waals surface area (Å²) >= 11 is 0. The van der Waals surface area contributed by atoms with Crippen LogP contribution in [0.15, 0.2) is 187 Å². The second-order valence-electron chi connectivity index (χ2n) is 20.2. The highest BCUT2D eigenvalue weighted by Crippen LogP contribution is 2.83. The van der Waals surface area contributed by atoms with Gasteiger partial charge in [-0.05, 0) is 103 Å². The fourth-order valence-corrected chi connectivity index (χ4v) is 13.9. The van der Waals surface area contributed by atoms with Gasteiger partial charge in [-0.1, -0.05) is 231 Å². The Morgan fingerprint density at radius 1 is 0.525 bits per heavy atom. The zero-order valence-corrected chi connectivity index (χ0v) is 36.4. The molecule has 0 spiro atoms. The van der Waals surface area contributed by atoms with Crippen molar-refractivity contribution in [3.63, 3.8) is 0 Å². The van der Waals surface area contributed by atoms with E-state index >= 15 is 0 Å². The van der Waals surface area contributed by atoms with E-state index < -0.39 is 5.41 Å². The number of rotatable bonds is 6. The van der Waals surface area contributed by atoms with Gasteiger partial charge >= 0.3 is 0 Å². The lowest BCUT2D eigenvalue weighted by molar-refractivity contribution is -0.212. The highest BCUT2D eigenvalue weighted by molar-refractivity contribution is 5.93. The average molecular weight is 769 g/mol. The lowest BCUT2D eigenvalue weighted by Gasteiger charge is -2.78. The predicted molar refractivity (Wildman–Crippen MR) is 250 cm³/mol. The van der Waals surface area contributed by atoms with Gasteiger partial charge in [0.1, 0.15) is 0 Å². The van der Waals surface area contributed by atoms with Crippen LogP contribution in [0, 0.1) is 38.9 Å². The Bertz CT molecular complexity index is 2510. The first-order valence-electron chi connectivity index (χ1n) is 22.2. The summed E-state index contributed by atoms with van der Waals surface area (Å²) in [5.74, 6) is 0.528. The van der Waals surface area contributed by atoms with Gasteiger partial charge in [0.2, 0.25) is 0 Å². The summed E-state index contributed by atoms with van der Waals surface area (Å²) in [5.41, 5.74) is 15.8. The van der Waals surface area contributed by atoms with Crippen molar-refractivity contribution >= 4 is 5.57 Å². The lowest BCUT2D eigenvalue weighted by atomic mass is 9.25. The summed E-state index contributed by atoms with van der Waals surface area (Å²) in [4.78, 5) is 0. The van der Waals surface area contributed by atoms with Crippen molar-refractivity contribution < 1.29 is 0 Å². The van der Waals surface area contributed by atoms with Crippen LogP contribution < -0.4 is 0 Å². The smallest absolute Gasteiger partial charge is 0.0396 e. The molecule has 1 fully saturated rings. The quantitative estimate of drug-likeness (QED) is 0.161. The molecule has 5 aliphatic carbocycles. The molecule has 0 aliphatic heterocycles. The Morgan fingerprint density at radius 2 is 1.03 bits per heavy atom. The number of hydrogen-bond acceptors (Lipinski definition) is 0. The fourth-order valence-electron chi connectivity index (χ4n) is 13.9. The third-order valence-electron chi connectivity index (χ3n) is 18.2. The van der Waals surface area contributed by atoms with Crippen molar-refractivity contribution in [1.29, 1.82) is 0 Å². The van der Waals surface area contributed by atoms with E-state index in [1.807, 2.05) is 0 Å². The molecule has 0 heterocycles. The van der Waals surface area contributed by atoms with E-state index in [0.29, 0.717) is 5.92 Å². The molecular weight excluding hydrogens is 709 g/mol. The molecule has 0 radical (unpaired) electrons. The first-order chi connectivity index (χ1) is 28.3. The van der Waals surface area contributed by atoms with Crippen molar-refractivity contribution in [2.24, 2.45) is 38.9 Å². The Hall–Kier alpha value is -5.20. The monoisotopic (exact) mass is 768 g/mol. The van der Waals surface area contributed by atoms with Crippen LogP contribution in [0.3, 0.4) is 0 Å². The number of fused-ring (bicyclic) bond motifs is 6. The molecule has 1 saturated carbocycles. The average Bonchev–Trinajstić information content (AvgIpc) is 3.94. The van der Waals surface area contributed by atoms with Gasteiger partial charge in [0.05, 0.1) is 0 Å². The molecule has 296 valence electrons. The molecule has 5 aliphatic rings. The summed E-state index contributed by atoms with van der Waals surface area (Å²) < 4.78 is 0. The van der Waals surface area contributed by atoms with Gasteiger partial charge < -0.3 is 0 Å². The maximum atomic E-state index is 2.76. The minimum atomic E-state index is -0.482. The molecule has 0 aromatic heterocycles. The molecule has 0 amide bonds. The lowest BCUT2D eigenvalue weighted by Crippen LogP contribution is -2.73. The van der Waals surface area contributed by atoms with Crippen LogP contribution in [0.2, 0.25) is 0 Å². The minimum Gasteiger partial charge on any atom is -0.0842 e. The zero-order chi connectivity index (χ0) is 41.0. The molecule has 5 aromatic carbocycles. The highest BCUT2D eigenvalue weighted by Gasteiger charge is 2.77. The largest absolute Gasteiger partial charge is 0.0842 e. The standard InChI is InChI=1S/C59H60/c1-54(2)55(3,4)57(7)51-30-20-19-29-49(51)52-48-28-18-15-25-44(48)39-50(52)53(57)58(8,56(54,5)6)59(45-26-16-17-27-45,46-35-31-42(32-36-46)40-21-11-9-12-22-40)47-37-33-43(34-38-47)41-23-13-10-14-24-41/h9-19,21-29,31-38,45,51H,20,30,39H2,1-8H3. The second-order valence-corrected chi connectivity index (χ2v) is 20.2.